The monoisotopic (exact) mass is 538 g/mol. The highest BCUT2D eigenvalue weighted by Gasteiger charge is 2.39. The number of carbonyl (C=O) groups is 1. The predicted octanol–water partition coefficient (Wildman–Crippen LogP) is 7.21. The minimum Gasteiger partial charge on any atom is -0.493 e. The lowest BCUT2D eigenvalue weighted by Gasteiger charge is -2.28. The van der Waals surface area contributed by atoms with E-state index in [1.807, 2.05) is 39.0 Å². The Morgan fingerprint density at radius 1 is 0.730 bits per heavy atom. The molecule has 0 saturated carbocycles. The van der Waals surface area contributed by atoms with Crippen molar-refractivity contribution in [3.63, 3.8) is 0 Å². The van der Waals surface area contributed by atoms with Gasteiger partial charge >= 0.3 is 14.8 Å². The van der Waals surface area contributed by atoms with Gasteiger partial charge in [-0.15, -0.1) is 0 Å². The number of unbranched alkanes of at least 4 members (excludes halogenated alkanes) is 9. The minimum atomic E-state index is -2.47. The van der Waals surface area contributed by atoms with Crippen molar-refractivity contribution in [2.45, 2.75) is 91.0 Å². The zero-order valence-corrected chi connectivity index (χ0v) is 24.9. The van der Waals surface area contributed by atoms with Gasteiger partial charge in [-0.2, -0.15) is 0 Å². The number of rotatable bonds is 23. The van der Waals surface area contributed by atoms with Gasteiger partial charge in [0, 0.05) is 31.9 Å². The van der Waals surface area contributed by atoms with E-state index in [4.69, 9.17) is 27.5 Å². The van der Waals surface area contributed by atoms with E-state index in [1.54, 1.807) is 20.3 Å². The van der Waals surface area contributed by atoms with E-state index < -0.39 is 8.80 Å². The highest BCUT2D eigenvalue weighted by atomic mass is 28.4. The number of hydrogen-bond acceptors (Lipinski definition) is 7. The van der Waals surface area contributed by atoms with Gasteiger partial charge in [0.05, 0.1) is 20.8 Å². The summed E-state index contributed by atoms with van der Waals surface area (Å²) in [5, 5.41) is 0. The van der Waals surface area contributed by atoms with Crippen LogP contribution in [0.3, 0.4) is 0 Å². The lowest BCUT2D eigenvalue weighted by Crippen LogP contribution is -2.45. The molecule has 8 heteroatoms. The Hall–Kier alpha value is -1.87. The van der Waals surface area contributed by atoms with Crippen LogP contribution in [0.5, 0.6) is 11.5 Å². The molecule has 0 saturated heterocycles. The zero-order chi connectivity index (χ0) is 27.2. The van der Waals surface area contributed by atoms with Crippen LogP contribution in [0.15, 0.2) is 24.3 Å². The summed E-state index contributed by atoms with van der Waals surface area (Å²) >= 11 is 0. The van der Waals surface area contributed by atoms with Gasteiger partial charge in [0.25, 0.3) is 0 Å². The van der Waals surface area contributed by atoms with Crippen molar-refractivity contribution < 1.29 is 32.3 Å². The van der Waals surface area contributed by atoms with Crippen LogP contribution in [-0.4, -0.2) is 55.4 Å². The first-order valence-electron chi connectivity index (χ1n) is 14.0. The molecule has 212 valence electrons. The van der Waals surface area contributed by atoms with Crippen LogP contribution in [0.4, 0.5) is 0 Å². The molecule has 37 heavy (non-hydrogen) atoms. The molecule has 0 atom stereocenters. The summed E-state index contributed by atoms with van der Waals surface area (Å²) in [5.41, 5.74) is 0.853. The van der Waals surface area contributed by atoms with E-state index in [1.165, 1.54) is 51.0 Å². The maximum absolute atomic E-state index is 11.9. The van der Waals surface area contributed by atoms with Crippen LogP contribution in [0.2, 0.25) is 6.04 Å². The van der Waals surface area contributed by atoms with E-state index in [0.717, 1.165) is 30.9 Å². The normalized spacial score (nSPS) is 11.7. The molecular weight excluding hydrogens is 488 g/mol. The standard InChI is InChI=1S/C29H50O7Si/c1-6-34-37(35-7-2,36-8-3)24-18-16-14-12-10-9-11-13-15-17-23-33-29(30)22-20-26-19-21-27(31-4)28(25-26)32-5/h19-22,25H,6-18,23-24H2,1-5H3/b22-20+. The molecule has 0 aliphatic rings. The Kier molecular flexibility index (Phi) is 18.9. The zero-order valence-electron chi connectivity index (χ0n) is 23.9. The molecule has 0 aliphatic heterocycles. The van der Waals surface area contributed by atoms with Crippen molar-refractivity contribution in [3.8, 4) is 11.5 Å². The van der Waals surface area contributed by atoms with Crippen molar-refractivity contribution in [1.82, 2.24) is 0 Å². The van der Waals surface area contributed by atoms with Crippen molar-refractivity contribution in [3.05, 3.63) is 29.8 Å². The molecule has 0 radical (unpaired) electrons. The first kappa shape index (κ1) is 33.2. The molecule has 1 aromatic carbocycles. The molecule has 0 N–H and O–H groups in total. The average molecular weight is 539 g/mol. The maximum Gasteiger partial charge on any atom is 0.500 e. The molecule has 0 aromatic heterocycles. The first-order chi connectivity index (χ1) is 18.0. The smallest absolute Gasteiger partial charge is 0.493 e. The van der Waals surface area contributed by atoms with E-state index in [-0.39, 0.29) is 5.97 Å². The molecule has 0 fully saturated rings. The van der Waals surface area contributed by atoms with Crippen LogP contribution in [0.1, 0.15) is 90.5 Å². The van der Waals surface area contributed by atoms with Crippen molar-refractivity contribution in [2.75, 3.05) is 40.6 Å². The Balaban J connectivity index is 2.04. The third kappa shape index (κ3) is 14.6. The van der Waals surface area contributed by atoms with Crippen LogP contribution in [-0.2, 0) is 22.8 Å². The molecule has 1 rings (SSSR count). The van der Waals surface area contributed by atoms with Crippen molar-refractivity contribution in [2.24, 2.45) is 0 Å². The largest absolute Gasteiger partial charge is 0.500 e. The highest BCUT2D eigenvalue weighted by molar-refractivity contribution is 6.60. The lowest BCUT2D eigenvalue weighted by atomic mass is 10.1. The summed E-state index contributed by atoms with van der Waals surface area (Å²) in [6.07, 6.45) is 15.0. The Morgan fingerprint density at radius 3 is 1.76 bits per heavy atom. The summed E-state index contributed by atoms with van der Waals surface area (Å²) < 4.78 is 33.6. The second-order valence-corrected chi connectivity index (χ2v) is 11.6. The fourth-order valence-corrected chi connectivity index (χ4v) is 6.89. The maximum atomic E-state index is 11.9. The average Bonchev–Trinajstić information content (AvgIpc) is 2.90. The molecule has 7 nitrogen and oxygen atoms in total. The number of hydrogen-bond donors (Lipinski definition) is 0. The van der Waals surface area contributed by atoms with Gasteiger partial charge in [0.1, 0.15) is 0 Å². The molecule has 0 heterocycles. The lowest BCUT2D eigenvalue weighted by molar-refractivity contribution is -0.137. The molecule has 1 aromatic rings. The second-order valence-electron chi connectivity index (χ2n) is 8.88. The van der Waals surface area contributed by atoms with Gasteiger partial charge < -0.3 is 27.5 Å². The summed E-state index contributed by atoms with van der Waals surface area (Å²) in [6, 6.07) is 6.41. The molecule has 0 unspecified atom stereocenters. The molecule has 0 spiro atoms. The summed E-state index contributed by atoms with van der Waals surface area (Å²) in [5.74, 6) is 0.963. The Labute approximate surface area is 226 Å². The van der Waals surface area contributed by atoms with Gasteiger partial charge in [-0.05, 0) is 57.4 Å². The molecular formula is C29H50O7Si. The number of carbonyl (C=O) groups excluding carboxylic acids is 1. The summed E-state index contributed by atoms with van der Waals surface area (Å²) in [6.45, 7) is 8.42. The minimum absolute atomic E-state index is 0.321. The van der Waals surface area contributed by atoms with E-state index in [9.17, 15) is 4.79 Å². The van der Waals surface area contributed by atoms with Crippen molar-refractivity contribution >= 4 is 20.8 Å². The van der Waals surface area contributed by atoms with Crippen LogP contribution in [0.25, 0.3) is 6.08 Å². The third-order valence-corrected chi connectivity index (χ3v) is 9.19. The first-order valence-corrected chi connectivity index (χ1v) is 16.0. The Bertz CT molecular complexity index is 737. The van der Waals surface area contributed by atoms with E-state index in [2.05, 4.69) is 0 Å². The number of esters is 1. The summed E-state index contributed by atoms with van der Waals surface area (Å²) in [7, 11) is 0.710. The Morgan fingerprint density at radius 2 is 1.24 bits per heavy atom. The topological polar surface area (TPSA) is 72.5 Å². The number of methoxy groups -OCH3 is 2. The summed E-state index contributed by atoms with van der Waals surface area (Å²) in [4.78, 5) is 11.9. The predicted molar refractivity (Wildman–Crippen MR) is 151 cm³/mol. The molecule has 0 amide bonds. The van der Waals surface area contributed by atoms with E-state index in [0.29, 0.717) is 37.9 Å². The van der Waals surface area contributed by atoms with Gasteiger partial charge in [0.2, 0.25) is 0 Å². The highest BCUT2D eigenvalue weighted by Crippen LogP contribution is 2.28. The van der Waals surface area contributed by atoms with Crippen molar-refractivity contribution in [1.29, 1.82) is 0 Å². The SMILES string of the molecule is CCO[Si](CCCCCCCCCCCCOC(=O)/C=C/c1ccc(OC)c(OC)c1)(OCC)OCC. The molecule has 0 aliphatic carbocycles. The van der Waals surface area contributed by atoms with Gasteiger partial charge in [-0.25, -0.2) is 4.79 Å². The van der Waals surface area contributed by atoms with Crippen LogP contribution < -0.4 is 9.47 Å². The van der Waals surface area contributed by atoms with E-state index >= 15 is 0 Å². The quantitative estimate of drug-likeness (QED) is 0.0631. The van der Waals surface area contributed by atoms with Crippen LogP contribution in [0, 0.1) is 0 Å². The number of ether oxygens (including phenoxy) is 3. The molecule has 0 bridgehead atoms. The van der Waals surface area contributed by atoms with Gasteiger partial charge in [0.15, 0.2) is 11.5 Å². The van der Waals surface area contributed by atoms with Gasteiger partial charge in [-0.1, -0.05) is 57.4 Å². The second kappa shape index (κ2) is 21.1. The fraction of sp³-hybridized carbons (Fsp3) is 0.690. The van der Waals surface area contributed by atoms with Crippen LogP contribution >= 0.6 is 0 Å². The third-order valence-electron chi connectivity index (χ3n) is 6.03. The number of benzene rings is 1. The van der Waals surface area contributed by atoms with Gasteiger partial charge in [-0.3, -0.25) is 0 Å². The fourth-order valence-electron chi connectivity index (χ4n) is 4.20.